The molecule has 0 bridgehead atoms. The molecule has 0 aliphatic carbocycles. The van der Waals surface area contributed by atoms with E-state index in [1.807, 2.05) is 78.9 Å². The Morgan fingerprint density at radius 2 is 1.15 bits per heavy atom. The average Bonchev–Trinajstić information content (AvgIpc) is 2.88. The summed E-state index contributed by atoms with van der Waals surface area (Å²) in [5.41, 5.74) is 4.22. The maximum absolute atomic E-state index is 4.71. The van der Waals surface area contributed by atoms with E-state index in [9.17, 15) is 0 Å². The highest BCUT2D eigenvalue weighted by atomic mass is 15.1. The fourth-order valence-electron chi connectivity index (χ4n) is 3.85. The first-order valence-corrected chi connectivity index (χ1v) is 11.0. The van der Waals surface area contributed by atoms with E-state index < -0.39 is 0 Å². The molecule has 0 radical (unpaired) electrons. The molecular weight excluding hydrogens is 406 g/mol. The molecule has 1 N–H and O–H groups in total. The minimum absolute atomic E-state index is 0.791. The standard InChI is InChI=1S/C28H23N5/c1-2-29-27-17-16-20-10-6-7-13-22(20)28(27)33-32-26-19-18-25(23-14-8-9-15-24(23)26)31-30-21-11-4-3-5-12-21/h3-19,29H,2H2,1H3. The zero-order chi connectivity index (χ0) is 22.5. The highest BCUT2D eigenvalue weighted by molar-refractivity contribution is 6.00. The smallest absolute Gasteiger partial charge is 0.117 e. The first-order chi connectivity index (χ1) is 16.3. The summed E-state index contributed by atoms with van der Waals surface area (Å²) in [5.74, 6) is 0. The summed E-state index contributed by atoms with van der Waals surface area (Å²) in [5, 5.41) is 25.8. The molecule has 0 saturated carbocycles. The van der Waals surface area contributed by atoms with E-state index in [-0.39, 0.29) is 0 Å². The van der Waals surface area contributed by atoms with Gasteiger partial charge in [0.15, 0.2) is 0 Å². The first-order valence-electron chi connectivity index (χ1n) is 11.0. The second-order valence-electron chi connectivity index (χ2n) is 7.60. The third-order valence-electron chi connectivity index (χ3n) is 5.43. The highest BCUT2D eigenvalue weighted by Gasteiger charge is 2.09. The van der Waals surface area contributed by atoms with Gasteiger partial charge in [-0.05, 0) is 42.6 Å². The Morgan fingerprint density at radius 3 is 1.85 bits per heavy atom. The molecule has 5 aromatic rings. The lowest BCUT2D eigenvalue weighted by atomic mass is 10.1. The monoisotopic (exact) mass is 429 g/mol. The van der Waals surface area contributed by atoms with Crippen LogP contribution < -0.4 is 5.32 Å². The highest BCUT2D eigenvalue weighted by Crippen LogP contribution is 2.38. The van der Waals surface area contributed by atoms with Crippen LogP contribution in [0.5, 0.6) is 0 Å². The topological polar surface area (TPSA) is 61.5 Å². The summed E-state index contributed by atoms with van der Waals surface area (Å²) in [7, 11) is 0. The van der Waals surface area contributed by atoms with Crippen molar-refractivity contribution in [1.82, 2.24) is 0 Å². The van der Waals surface area contributed by atoms with Crippen molar-refractivity contribution < 1.29 is 0 Å². The largest absolute Gasteiger partial charge is 0.384 e. The van der Waals surface area contributed by atoms with Gasteiger partial charge in [0.25, 0.3) is 0 Å². The summed E-state index contributed by atoms with van der Waals surface area (Å²) in [6.45, 7) is 2.89. The number of nitrogens with zero attached hydrogens (tertiary/aromatic N) is 4. The molecule has 0 heterocycles. The Balaban J connectivity index is 1.57. The lowest BCUT2D eigenvalue weighted by Crippen LogP contribution is -1.96. The normalized spacial score (nSPS) is 11.7. The predicted molar refractivity (Wildman–Crippen MR) is 137 cm³/mol. The van der Waals surface area contributed by atoms with Gasteiger partial charge in [-0.15, -0.1) is 15.3 Å². The molecule has 5 nitrogen and oxygen atoms in total. The molecule has 0 saturated heterocycles. The van der Waals surface area contributed by atoms with Crippen molar-refractivity contribution in [3.63, 3.8) is 0 Å². The van der Waals surface area contributed by atoms with Crippen molar-refractivity contribution in [3.05, 3.63) is 103 Å². The Kier molecular flexibility index (Phi) is 5.85. The van der Waals surface area contributed by atoms with Gasteiger partial charge < -0.3 is 5.32 Å². The lowest BCUT2D eigenvalue weighted by molar-refractivity contribution is 1.19. The Bertz CT molecular complexity index is 1470. The molecule has 0 amide bonds. The van der Waals surface area contributed by atoms with Gasteiger partial charge in [-0.3, -0.25) is 0 Å². The molecule has 5 rings (SSSR count). The fourth-order valence-corrected chi connectivity index (χ4v) is 3.85. The van der Waals surface area contributed by atoms with Gasteiger partial charge >= 0.3 is 0 Å². The van der Waals surface area contributed by atoms with Gasteiger partial charge in [-0.1, -0.05) is 72.8 Å². The number of rotatable bonds is 6. The molecule has 0 aliphatic rings. The third kappa shape index (κ3) is 4.34. The van der Waals surface area contributed by atoms with Crippen molar-refractivity contribution in [1.29, 1.82) is 0 Å². The van der Waals surface area contributed by atoms with Crippen molar-refractivity contribution in [2.24, 2.45) is 20.5 Å². The number of hydrogen-bond acceptors (Lipinski definition) is 5. The van der Waals surface area contributed by atoms with Crippen LogP contribution in [0.2, 0.25) is 0 Å². The molecule has 0 aromatic heterocycles. The van der Waals surface area contributed by atoms with Crippen molar-refractivity contribution in [2.45, 2.75) is 6.92 Å². The number of azo groups is 2. The number of benzene rings is 5. The Hall–Kier alpha value is -4.38. The van der Waals surface area contributed by atoms with Gasteiger partial charge in [0.1, 0.15) is 5.69 Å². The zero-order valence-corrected chi connectivity index (χ0v) is 18.3. The molecular formula is C28H23N5. The third-order valence-corrected chi connectivity index (χ3v) is 5.43. The number of hydrogen-bond donors (Lipinski definition) is 1. The summed E-state index contributed by atoms with van der Waals surface area (Å²) in [6, 6.07) is 34.1. The zero-order valence-electron chi connectivity index (χ0n) is 18.3. The fraction of sp³-hybridized carbons (Fsp3) is 0.0714. The number of anilines is 1. The van der Waals surface area contributed by atoms with E-state index in [4.69, 9.17) is 5.11 Å². The van der Waals surface area contributed by atoms with Crippen LogP contribution in [-0.4, -0.2) is 6.54 Å². The second kappa shape index (κ2) is 9.40. The van der Waals surface area contributed by atoms with Crippen LogP contribution in [0.4, 0.5) is 28.4 Å². The number of fused-ring (bicyclic) bond motifs is 2. The van der Waals surface area contributed by atoms with Gasteiger partial charge in [0.2, 0.25) is 0 Å². The van der Waals surface area contributed by atoms with Crippen LogP contribution in [0, 0.1) is 0 Å². The van der Waals surface area contributed by atoms with Gasteiger partial charge in [0, 0.05) is 22.7 Å². The molecule has 0 atom stereocenters. The van der Waals surface area contributed by atoms with Crippen molar-refractivity contribution in [2.75, 3.05) is 11.9 Å². The van der Waals surface area contributed by atoms with Gasteiger partial charge in [0.05, 0.1) is 22.7 Å². The van der Waals surface area contributed by atoms with E-state index in [0.29, 0.717) is 0 Å². The van der Waals surface area contributed by atoms with E-state index in [0.717, 1.165) is 56.5 Å². The minimum Gasteiger partial charge on any atom is -0.384 e. The van der Waals surface area contributed by atoms with Crippen LogP contribution in [0.3, 0.4) is 0 Å². The quantitative estimate of drug-likeness (QED) is 0.269. The maximum Gasteiger partial charge on any atom is 0.117 e. The number of nitrogens with one attached hydrogen (secondary N) is 1. The van der Waals surface area contributed by atoms with Crippen LogP contribution >= 0.6 is 0 Å². The molecule has 0 aliphatic heterocycles. The van der Waals surface area contributed by atoms with E-state index in [1.165, 1.54) is 0 Å². The van der Waals surface area contributed by atoms with Crippen LogP contribution in [0.1, 0.15) is 6.92 Å². The Labute approximate surface area is 192 Å². The summed E-state index contributed by atoms with van der Waals surface area (Å²) in [4.78, 5) is 0. The van der Waals surface area contributed by atoms with Crippen molar-refractivity contribution in [3.8, 4) is 0 Å². The van der Waals surface area contributed by atoms with E-state index >= 15 is 0 Å². The molecule has 0 spiro atoms. The van der Waals surface area contributed by atoms with Gasteiger partial charge in [-0.2, -0.15) is 5.11 Å². The summed E-state index contributed by atoms with van der Waals surface area (Å²) in [6.07, 6.45) is 0. The predicted octanol–water partition coefficient (Wildman–Crippen LogP) is 9.26. The van der Waals surface area contributed by atoms with E-state index in [1.54, 1.807) is 0 Å². The van der Waals surface area contributed by atoms with E-state index in [2.05, 4.69) is 51.8 Å². The average molecular weight is 430 g/mol. The van der Waals surface area contributed by atoms with Crippen LogP contribution in [0.25, 0.3) is 21.5 Å². The SMILES string of the molecule is CCNc1ccc2ccccc2c1N=Nc1ccc(N=Nc2ccccc2)c2ccccc12. The molecule has 5 heteroatoms. The molecule has 0 fully saturated rings. The second-order valence-corrected chi connectivity index (χ2v) is 7.60. The molecule has 0 unspecified atom stereocenters. The summed E-state index contributed by atoms with van der Waals surface area (Å²) >= 11 is 0. The minimum atomic E-state index is 0.791. The van der Waals surface area contributed by atoms with Crippen molar-refractivity contribution >= 4 is 50.0 Å². The lowest BCUT2D eigenvalue weighted by Gasteiger charge is -2.10. The van der Waals surface area contributed by atoms with Crippen LogP contribution in [0.15, 0.2) is 124 Å². The Morgan fingerprint density at radius 1 is 0.545 bits per heavy atom. The molecule has 160 valence electrons. The maximum atomic E-state index is 4.71. The molecule has 33 heavy (non-hydrogen) atoms. The first kappa shape index (κ1) is 20.5. The van der Waals surface area contributed by atoms with Crippen LogP contribution in [-0.2, 0) is 0 Å². The van der Waals surface area contributed by atoms with Gasteiger partial charge in [-0.25, -0.2) is 0 Å². The molecule has 5 aromatic carbocycles. The summed E-state index contributed by atoms with van der Waals surface area (Å²) < 4.78 is 0.